The molecule has 0 rings (SSSR count). The van der Waals surface area contributed by atoms with Crippen molar-refractivity contribution in [3.63, 3.8) is 0 Å². The molecule has 3 N–H and O–H groups in total. The van der Waals surface area contributed by atoms with E-state index in [9.17, 15) is 9.59 Å². The van der Waals surface area contributed by atoms with E-state index in [0.29, 0.717) is 13.1 Å². The van der Waals surface area contributed by atoms with Crippen molar-refractivity contribution in [1.82, 2.24) is 10.2 Å². The normalized spacial score (nSPS) is 12.0. The molecule has 6 nitrogen and oxygen atoms in total. The molecule has 1 unspecified atom stereocenters. The van der Waals surface area contributed by atoms with Crippen LogP contribution in [0.5, 0.6) is 0 Å². The molecule has 0 aliphatic heterocycles. The first-order valence-electron chi connectivity index (χ1n) is 4.86. The number of esters is 1. The molecule has 15 heavy (non-hydrogen) atoms. The second kappa shape index (κ2) is 7.19. The Hall–Kier alpha value is -1.14. The lowest BCUT2D eigenvalue weighted by Crippen LogP contribution is -2.48. The van der Waals surface area contributed by atoms with Crippen molar-refractivity contribution in [3.8, 4) is 0 Å². The quantitative estimate of drug-likeness (QED) is 0.420. The lowest BCUT2D eigenvalue weighted by atomic mass is 10.3. The van der Waals surface area contributed by atoms with Crippen molar-refractivity contribution < 1.29 is 14.3 Å². The van der Waals surface area contributed by atoms with Gasteiger partial charge in [0, 0.05) is 20.1 Å². The molecule has 0 saturated heterocycles. The van der Waals surface area contributed by atoms with Crippen molar-refractivity contribution in [1.29, 1.82) is 0 Å². The highest BCUT2D eigenvalue weighted by Crippen LogP contribution is 1.92. The maximum atomic E-state index is 11.5. The Morgan fingerprint density at radius 3 is 2.60 bits per heavy atom. The third-order valence-electron chi connectivity index (χ3n) is 1.88. The van der Waals surface area contributed by atoms with Gasteiger partial charge < -0.3 is 20.7 Å². The van der Waals surface area contributed by atoms with E-state index in [2.05, 4.69) is 10.1 Å². The number of carbonyl (C=O) groups excluding carboxylic acids is 2. The molecule has 0 spiro atoms. The molecule has 0 bridgehead atoms. The van der Waals surface area contributed by atoms with Gasteiger partial charge in [0.1, 0.15) is 0 Å². The van der Waals surface area contributed by atoms with Gasteiger partial charge in [0.25, 0.3) is 5.91 Å². The second-order valence-corrected chi connectivity index (χ2v) is 3.09. The SMILES string of the molecule is CCOC(=O)C(N)C(=O)N(C)CCNC. The minimum absolute atomic E-state index is 0.222. The molecule has 1 amide bonds. The number of hydrogen-bond donors (Lipinski definition) is 2. The van der Waals surface area contributed by atoms with Gasteiger partial charge in [-0.1, -0.05) is 0 Å². The number of nitrogens with one attached hydrogen (secondary N) is 1. The summed E-state index contributed by atoms with van der Waals surface area (Å²) in [6.45, 7) is 3.04. The Morgan fingerprint density at radius 2 is 2.13 bits per heavy atom. The molecule has 0 aromatic rings. The zero-order valence-electron chi connectivity index (χ0n) is 9.45. The summed E-state index contributed by atoms with van der Waals surface area (Å²) in [5.41, 5.74) is 5.43. The van der Waals surface area contributed by atoms with Gasteiger partial charge in [0.05, 0.1) is 6.61 Å². The fourth-order valence-corrected chi connectivity index (χ4v) is 0.960. The summed E-state index contributed by atoms with van der Waals surface area (Å²) in [6.07, 6.45) is 0. The van der Waals surface area contributed by atoms with Crippen LogP contribution in [-0.4, -0.2) is 56.6 Å². The topological polar surface area (TPSA) is 84.7 Å². The van der Waals surface area contributed by atoms with Crippen LogP contribution in [0.1, 0.15) is 6.92 Å². The van der Waals surface area contributed by atoms with Crippen LogP contribution in [0.4, 0.5) is 0 Å². The average molecular weight is 217 g/mol. The summed E-state index contributed by atoms with van der Waals surface area (Å²) < 4.78 is 4.65. The fraction of sp³-hybridized carbons (Fsp3) is 0.778. The van der Waals surface area contributed by atoms with Gasteiger partial charge in [-0.2, -0.15) is 0 Å². The van der Waals surface area contributed by atoms with Crippen molar-refractivity contribution in [3.05, 3.63) is 0 Å². The van der Waals surface area contributed by atoms with Gasteiger partial charge >= 0.3 is 5.97 Å². The Morgan fingerprint density at radius 1 is 1.53 bits per heavy atom. The van der Waals surface area contributed by atoms with Crippen LogP contribution in [0, 0.1) is 0 Å². The lowest BCUT2D eigenvalue weighted by Gasteiger charge is -2.19. The maximum Gasteiger partial charge on any atom is 0.332 e. The minimum atomic E-state index is -1.22. The van der Waals surface area contributed by atoms with E-state index in [-0.39, 0.29) is 6.61 Å². The lowest BCUT2D eigenvalue weighted by molar-refractivity contribution is -0.150. The first-order chi connectivity index (χ1) is 7.04. The van der Waals surface area contributed by atoms with E-state index < -0.39 is 17.9 Å². The van der Waals surface area contributed by atoms with Gasteiger partial charge in [0.2, 0.25) is 0 Å². The number of rotatable bonds is 6. The van der Waals surface area contributed by atoms with Crippen LogP contribution in [0.25, 0.3) is 0 Å². The molecule has 88 valence electrons. The number of likely N-dealkylation sites (N-methyl/N-ethyl adjacent to an activating group) is 2. The number of nitrogens with two attached hydrogens (primary N) is 1. The minimum Gasteiger partial charge on any atom is -0.464 e. The standard InChI is InChI=1S/C9H19N3O3/c1-4-15-9(14)7(10)8(13)12(3)6-5-11-2/h7,11H,4-6,10H2,1-3H3. The number of amides is 1. The highest BCUT2D eigenvalue weighted by Gasteiger charge is 2.25. The predicted molar refractivity (Wildman–Crippen MR) is 56.2 cm³/mol. The summed E-state index contributed by atoms with van der Waals surface area (Å²) in [5.74, 6) is -1.11. The van der Waals surface area contributed by atoms with E-state index in [1.54, 1.807) is 21.0 Å². The molecule has 0 heterocycles. The second-order valence-electron chi connectivity index (χ2n) is 3.09. The van der Waals surface area contributed by atoms with Crippen molar-refractivity contribution in [2.24, 2.45) is 5.73 Å². The predicted octanol–water partition coefficient (Wildman–Crippen LogP) is -1.45. The molecule has 1 atom stereocenters. The summed E-state index contributed by atoms with van der Waals surface area (Å²) >= 11 is 0. The molecule has 0 aromatic heterocycles. The fourth-order valence-electron chi connectivity index (χ4n) is 0.960. The molecule has 0 aliphatic carbocycles. The molecular weight excluding hydrogens is 198 g/mol. The van der Waals surface area contributed by atoms with Crippen LogP contribution in [0.15, 0.2) is 0 Å². The molecule has 0 aromatic carbocycles. The van der Waals surface area contributed by atoms with Crippen LogP contribution >= 0.6 is 0 Å². The Bertz CT molecular complexity index is 221. The summed E-state index contributed by atoms with van der Waals surface area (Å²) in [4.78, 5) is 24.1. The van der Waals surface area contributed by atoms with Gasteiger partial charge in [-0.3, -0.25) is 4.79 Å². The third kappa shape index (κ3) is 4.75. The zero-order valence-corrected chi connectivity index (χ0v) is 9.45. The molecule has 0 fully saturated rings. The first kappa shape index (κ1) is 13.9. The summed E-state index contributed by atoms with van der Waals surface area (Å²) in [7, 11) is 3.38. The smallest absolute Gasteiger partial charge is 0.332 e. The largest absolute Gasteiger partial charge is 0.464 e. The Labute approximate surface area is 89.7 Å². The Kier molecular flexibility index (Phi) is 6.64. The van der Waals surface area contributed by atoms with E-state index in [1.165, 1.54) is 4.90 Å². The number of nitrogens with zero attached hydrogens (tertiary/aromatic N) is 1. The van der Waals surface area contributed by atoms with Gasteiger partial charge in [0.15, 0.2) is 6.04 Å². The van der Waals surface area contributed by atoms with E-state index in [1.807, 2.05) is 0 Å². The van der Waals surface area contributed by atoms with E-state index in [0.717, 1.165) is 0 Å². The van der Waals surface area contributed by atoms with Gasteiger partial charge in [-0.05, 0) is 14.0 Å². The molecule has 0 radical (unpaired) electrons. The molecule has 0 aliphatic rings. The molecule has 0 saturated carbocycles. The van der Waals surface area contributed by atoms with Gasteiger partial charge in [-0.25, -0.2) is 4.79 Å². The highest BCUT2D eigenvalue weighted by atomic mass is 16.5. The van der Waals surface area contributed by atoms with Crippen LogP contribution in [0.2, 0.25) is 0 Å². The monoisotopic (exact) mass is 217 g/mol. The number of ether oxygens (including phenoxy) is 1. The first-order valence-corrected chi connectivity index (χ1v) is 4.86. The number of carbonyl (C=O) groups is 2. The zero-order chi connectivity index (χ0) is 11.8. The van der Waals surface area contributed by atoms with Crippen molar-refractivity contribution in [2.45, 2.75) is 13.0 Å². The summed E-state index contributed by atoms with van der Waals surface area (Å²) in [6, 6.07) is -1.22. The van der Waals surface area contributed by atoms with E-state index in [4.69, 9.17) is 5.73 Å². The van der Waals surface area contributed by atoms with Crippen LogP contribution in [0.3, 0.4) is 0 Å². The average Bonchev–Trinajstić information content (AvgIpc) is 2.24. The molecular formula is C9H19N3O3. The maximum absolute atomic E-state index is 11.5. The highest BCUT2D eigenvalue weighted by molar-refractivity contribution is 6.01. The van der Waals surface area contributed by atoms with Crippen molar-refractivity contribution in [2.75, 3.05) is 33.8 Å². The van der Waals surface area contributed by atoms with Crippen LogP contribution in [-0.2, 0) is 14.3 Å². The van der Waals surface area contributed by atoms with E-state index >= 15 is 0 Å². The molecule has 6 heteroatoms. The third-order valence-corrected chi connectivity index (χ3v) is 1.88. The van der Waals surface area contributed by atoms with Crippen LogP contribution < -0.4 is 11.1 Å². The van der Waals surface area contributed by atoms with Gasteiger partial charge in [-0.15, -0.1) is 0 Å². The summed E-state index contributed by atoms with van der Waals surface area (Å²) in [5, 5.41) is 2.90. The number of hydrogen-bond acceptors (Lipinski definition) is 5. The van der Waals surface area contributed by atoms with Crippen molar-refractivity contribution >= 4 is 11.9 Å². The Balaban J connectivity index is 4.12.